The van der Waals surface area contributed by atoms with E-state index in [0.717, 1.165) is 10.0 Å². The second-order valence-electron chi connectivity index (χ2n) is 4.73. The molecular formula is C14H16BrClN2O. The summed E-state index contributed by atoms with van der Waals surface area (Å²) in [7, 11) is 0. The molecule has 1 atom stereocenters. The molecule has 0 radical (unpaired) electrons. The zero-order valence-electron chi connectivity index (χ0n) is 10.9. The van der Waals surface area contributed by atoms with E-state index in [1.807, 2.05) is 31.2 Å². The van der Waals surface area contributed by atoms with E-state index >= 15 is 0 Å². The Morgan fingerprint density at radius 2 is 2.00 bits per heavy atom. The molecule has 1 aromatic carbocycles. The van der Waals surface area contributed by atoms with Crippen LogP contribution in [0.4, 0.5) is 0 Å². The van der Waals surface area contributed by atoms with E-state index in [0.29, 0.717) is 23.7 Å². The number of nitrogens with zero attached hydrogens (tertiary/aromatic N) is 2. The van der Waals surface area contributed by atoms with Gasteiger partial charge in [-0.3, -0.25) is 4.68 Å². The molecule has 1 heterocycles. The van der Waals surface area contributed by atoms with Gasteiger partial charge in [0.2, 0.25) is 0 Å². The Morgan fingerprint density at radius 3 is 2.58 bits per heavy atom. The van der Waals surface area contributed by atoms with E-state index in [2.05, 4.69) is 21.0 Å². The van der Waals surface area contributed by atoms with Gasteiger partial charge in [-0.25, -0.2) is 0 Å². The van der Waals surface area contributed by atoms with E-state index in [4.69, 9.17) is 11.6 Å². The number of aliphatic hydroxyl groups is 1. The summed E-state index contributed by atoms with van der Waals surface area (Å²) in [6.07, 6.45) is 2.07. The van der Waals surface area contributed by atoms with Crippen molar-refractivity contribution in [3.05, 3.63) is 51.2 Å². The van der Waals surface area contributed by atoms with Gasteiger partial charge < -0.3 is 5.11 Å². The molecule has 3 nitrogen and oxygen atoms in total. The third kappa shape index (κ3) is 3.19. The molecule has 1 aromatic heterocycles. The minimum absolute atomic E-state index is 0.492. The van der Waals surface area contributed by atoms with E-state index in [1.54, 1.807) is 17.8 Å². The van der Waals surface area contributed by atoms with Crippen molar-refractivity contribution in [3.63, 3.8) is 0 Å². The van der Waals surface area contributed by atoms with Crippen molar-refractivity contribution in [2.24, 2.45) is 0 Å². The van der Waals surface area contributed by atoms with Crippen molar-refractivity contribution in [3.8, 4) is 0 Å². The first kappa shape index (κ1) is 14.6. The lowest BCUT2D eigenvalue weighted by Gasteiger charge is -2.25. The molecule has 0 fully saturated rings. The highest BCUT2D eigenvalue weighted by molar-refractivity contribution is 9.10. The number of benzene rings is 1. The Kier molecular flexibility index (Phi) is 4.33. The zero-order chi connectivity index (χ0) is 14.0. The Labute approximate surface area is 126 Å². The van der Waals surface area contributed by atoms with Crippen molar-refractivity contribution in [2.45, 2.75) is 32.4 Å². The Morgan fingerprint density at radius 1 is 1.37 bits per heavy atom. The van der Waals surface area contributed by atoms with Gasteiger partial charge >= 0.3 is 0 Å². The van der Waals surface area contributed by atoms with Crippen molar-refractivity contribution in [1.82, 2.24) is 9.78 Å². The zero-order valence-corrected chi connectivity index (χ0v) is 13.2. The van der Waals surface area contributed by atoms with Crippen LogP contribution in [0.25, 0.3) is 0 Å². The topological polar surface area (TPSA) is 38.0 Å². The van der Waals surface area contributed by atoms with Crippen LogP contribution in [0.2, 0.25) is 5.02 Å². The van der Waals surface area contributed by atoms with Crippen LogP contribution < -0.4 is 0 Å². The summed E-state index contributed by atoms with van der Waals surface area (Å²) in [4.78, 5) is 0. The van der Waals surface area contributed by atoms with Gasteiger partial charge in [-0.1, -0.05) is 39.7 Å². The highest BCUT2D eigenvalue weighted by Crippen LogP contribution is 2.31. The smallest absolute Gasteiger partial charge is 0.109 e. The number of hydrogen-bond donors (Lipinski definition) is 1. The molecule has 0 saturated heterocycles. The Bertz CT molecular complexity index is 563. The van der Waals surface area contributed by atoms with E-state index in [-0.39, 0.29) is 0 Å². The predicted molar refractivity (Wildman–Crippen MR) is 80.3 cm³/mol. The van der Waals surface area contributed by atoms with E-state index < -0.39 is 5.60 Å². The molecule has 0 aliphatic rings. The SMILES string of the molecule is CCn1ncc(Cl)c1C(C)(O)Cc1ccc(Br)cc1. The lowest BCUT2D eigenvalue weighted by atomic mass is 9.93. The molecule has 0 bridgehead atoms. The summed E-state index contributed by atoms with van der Waals surface area (Å²) in [5.74, 6) is 0. The molecule has 2 rings (SSSR count). The number of rotatable bonds is 4. The van der Waals surface area contributed by atoms with Gasteiger partial charge in [0, 0.05) is 17.4 Å². The standard InChI is InChI=1S/C14H16BrClN2O/c1-3-18-13(12(16)9-17-18)14(2,19)8-10-4-6-11(15)7-5-10/h4-7,9,19H,3,8H2,1-2H3. The molecule has 0 amide bonds. The predicted octanol–water partition coefficient (Wildman–Crippen LogP) is 3.77. The van der Waals surface area contributed by atoms with Crippen LogP contribution in [0.15, 0.2) is 34.9 Å². The molecule has 5 heteroatoms. The number of aryl methyl sites for hydroxylation is 1. The van der Waals surface area contributed by atoms with Gasteiger partial charge in [0.1, 0.15) is 5.60 Å². The molecule has 0 aliphatic heterocycles. The van der Waals surface area contributed by atoms with Crippen LogP contribution in [0.5, 0.6) is 0 Å². The molecule has 0 saturated carbocycles. The van der Waals surface area contributed by atoms with Gasteiger partial charge in [-0.05, 0) is 31.5 Å². The largest absolute Gasteiger partial charge is 0.383 e. The molecule has 102 valence electrons. The highest BCUT2D eigenvalue weighted by Gasteiger charge is 2.30. The first-order chi connectivity index (χ1) is 8.94. The minimum Gasteiger partial charge on any atom is -0.383 e. The summed E-state index contributed by atoms with van der Waals surface area (Å²) < 4.78 is 2.76. The Hall–Kier alpha value is -0.840. The molecule has 1 N–H and O–H groups in total. The Balaban J connectivity index is 2.31. The first-order valence-electron chi connectivity index (χ1n) is 6.12. The molecule has 0 aliphatic carbocycles. The van der Waals surface area contributed by atoms with Gasteiger partial charge in [-0.2, -0.15) is 5.10 Å². The average molecular weight is 344 g/mol. The lowest BCUT2D eigenvalue weighted by Crippen LogP contribution is -2.28. The fourth-order valence-corrected chi connectivity index (χ4v) is 2.83. The van der Waals surface area contributed by atoms with Crippen molar-refractivity contribution in [1.29, 1.82) is 0 Å². The van der Waals surface area contributed by atoms with E-state index in [1.165, 1.54) is 0 Å². The molecule has 1 unspecified atom stereocenters. The first-order valence-corrected chi connectivity index (χ1v) is 7.29. The van der Waals surface area contributed by atoms with Gasteiger partial charge in [-0.15, -0.1) is 0 Å². The molecule has 0 spiro atoms. The normalized spacial score (nSPS) is 14.4. The maximum atomic E-state index is 10.7. The summed E-state index contributed by atoms with van der Waals surface area (Å²) in [5.41, 5.74) is 0.671. The molecule has 19 heavy (non-hydrogen) atoms. The third-order valence-corrected chi connectivity index (χ3v) is 3.87. The second-order valence-corrected chi connectivity index (χ2v) is 6.06. The third-order valence-electron chi connectivity index (χ3n) is 3.07. The monoisotopic (exact) mass is 342 g/mol. The summed E-state index contributed by atoms with van der Waals surface area (Å²) in [5, 5.41) is 15.4. The average Bonchev–Trinajstić information content (AvgIpc) is 2.74. The number of halogens is 2. The van der Waals surface area contributed by atoms with Crippen LogP contribution in [0.3, 0.4) is 0 Å². The van der Waals surface area contributed by atoms with E-state index in [9.17, 15) is 5.11 Å². The van der Waals surface area contributed by atoms with Crippen molar-refractivity contribution in [2.75, 3.05) is 0 Å². The van der Waals surface area contributed by atoms with Crippen LogP contribution >= 0.6 is 27.5 Å². The van der Waals surface area contributed by atoms with Crippen LogP contribution in [0.1, 0.15) is 25.1 Å². The van der Waals surface area contributed by atoms with Crippen LogP contribution in [0, 0.1) is 0 Å². The van der Waals surface area contributed by atoms with Crippen LogP contribution in [-0.2, 0) is 18.6 Å². The highest BCUT2D eigenvalue weighted by atomic mass is 79.9. The fraction of sp³-hybridized carbons (Fsp3) is 0.357. The summed E-state index contributed by atoms with van der Waals surface area (Å²) in [6, 6.07) is 7.90. The number of hydrogen-bond acceptors (Lipinski definition) is 2. The second kappa shape index (κ2) is 5.65. The quantitative estimate of drug-likeness (QED) is 0.917. The fourth-order valence-electron chi connectivity index (χ4n) is 2.22. The minimum atomic E-state index is -1.04. The van der Waals surface area contributed by atoms with Gasteiger partial charge in [0.15, 0.2) is 0 Å². The van der Waals surface area contributed by atoms with Gasteiger partial charge in [0.25, 0.3) is 0 Å². The van der Waals surface area contributed by atoms with Gasteiger partial charge in [0.05, 0.1) is 16.9 Å². The maximum absolute atomic E-state index is 10.7. The number of aromatic nitrogens is 2. The molecular weight excluding hydrogens is 328 g/mol. The van der Waals surface area contributed by atoms with Crippen molar-refractivity contribution < 1.29 is 5.11 Å². The lowest BCUT2D eigenvalue weighted by molar-refractivity contribution is 0.0481. The van der Waals surface area contributed by atoms with Crippen molar-refractivity contribution >= 4 is 27.5 Å². The molecule has 2 aromatic rings. The maximum Gasteiger partial charge on any atom is 0.109 e. The summed E-state index contributed by atoms with van der Waals surface area (Å²) in [6.45, 7) is 4.42. The van der Waals surface area contributed by atoms with Crippen LogP contribution in [-0.4, -0.2) is 14.9 Å². The summed E-state index contributed by atoms with van der Waals surface area (Å²) >= 11 is 9.55.